The van der Waals surface area contributed by atoms with Crippen molar-refractivity contribution >= 4 is 33.2 Å². The highest BCUT2D eigenvalue weighted by Crippen LogP contribution is 2.34. The lowest BCUT2D eigenvalue weighted by atomic mass is 10.1. The molecule has 2 rings (SSSR count). The Hall–Kier alpha value is -3.67. The molecule has 0 aliphatic heterocycles. The largest absolute Gasteiger partial charge is 0.495 e. The van der Waals surface area contributed by atoms with E-state index in [1.165, 1.54) is 24.1 Å². The van der Waals surface area contributed by atoms with Crippen molar-refractivity contribution in [1.29, 1.82) is 0 Å². The molecular weight excluding hydrogens is 500 g/mol. The van der Waals surface area contributed by atoms with E-state index in [1.807, 2.05) is 26.8 Å². The van der Waals surface area contributed by atoms with Crippen molar-refractivity contribution in [3.8, 4) is 5.75 Å². The molecule has 2 amide bonds. The van der Waals surface area contributed by atoms with Crippen molar-refractivity contribution < 1.29 is 27.7 Å². The first kappa shape index (κ1) is 29.6. The molecule has 0 bridgehead atoms. The Morgan fingerprint density at radius 3 is 2.24 bits per heavy atom. The zero-order valence-electron chi connectivity index (χ0n) is 21.9. The maximum Gasteiger partial charge on any atom is 0.271 e. The minimum Gasteiger partial charge on any atom is -0.495 e. The van der Waals surface area contributed by atoms with E-state index < -0.39 is 39.0 Å². The Balaban J connectivity index is 2.56. The third kappa shape index (κ3) is 8.17. The number of non-ortho nitro benzene ring substituents is 1. The molecule has 0 saturated heterocycles. The van der Waals surface area contributed by atoms with Crippen molar-refractivity contribution in [2.45, 2.75) is 52.2 Å². The van der Waals surface area contributed by atoms with Crippen LogP contribution in [-0.2, 0) is 26.2 Å². The van der Waals surface area contributed by atoms with Crippen LogP contribution in [0.3, 0.4) is 0 Å². The monoisotopic (exact) mass is 534 g/mol. The normalized spacial score (nSPS) is 12.4. The molecule has 0 unspecified atom stereocenters. The van der Waals surface area contributed by atoms with Gasteiger partial charge < -0.3 is 15.0 Å². The lowest BCUT2D eigenvalue weighted by molar-refractivity contribution is -0.384. The molecule has 1 atom stereocenters. The summed E-state index contributed by atoms with van der Waals surface area (Å²) >= 11 is 0. The van der Waals surface area contributed by atoms with Crippen LogP contribution < -0.4 is 14.4 Å². The number of nitro benzene ring substituents is 1. The quantitative estimate of drug-likeness (QED) is 0.345. The smallest absolute Gasteiger partial charge is 0.271 e. The number of nitrogens with one attached hydrogen (secondary N) is 1. The van der Waals surface area contributed by atoms with E-state index in [4.69, 9.17) is 4.74 Å². The average molecular weight is 535 g/mol. The molecule has 0 aliphatic rings. The number of methoxy groups -OCH3 is 1. The summed E-state index contributed by atoms with van der Waals surface area (Å²) in [5.41, 5.74) is -0.327. The zero-order chi connectivity index (χ0) is 28.0. The second-order valence-corrected chi connectivity index (χ2v) is 11.5. The van der Waals surface area contributed by atoms with Gasteiger partial charge in [-0.1, -0.05) is 37.3 Å². The van der Waals surface area contributed by atoms with Crippen LogP contribution in [0.4, 0.5) is 11.4 Å². The van der Waals surface area contributed by atoms with Gasteiger partial charge in [0.15, 0.2) is 0 Å². The van der Waals surface area contributed by atoms with Gasteiger partial charge in [0.1, 0.15) is 24.0 Å². The Labute approximate surface area is 217 Å². The van der Waals surface area contributed by atoms with Gasteiger partial charge in [0.25, 0.3) is 5.69 Å². The summed E-state index contributed by atoms with van der Waals surface area (Å²) in [6, 6.07) is 11.6. The third-order valence-electron chi connectivity index (χ3n) is 5.40. The van der Waals surface area contributed by atoms with Crippen LogP contribution in [0.5, 0.6) is 5.75 Å². The number of nitrogens with zero attached hydrogens (tertiary/aromatic N) is 3. The number of amides is 2. The number of rotatable bonds is 11. The number of carbonyl (C=O) groups excluding carboxylic acids is 2. The van der Waals surface area contributed by atoms with Crippen molar-refractivity contribution in [1.82, 2.24) is 10.2 Å². The molecule has 37 heavy (non-hydrogen) atoms. The number of hydrogen-bond acceptors (Lipinski definition) is 7. The Morgan fingerprint density at radius 2 is 1.76 bits per heavy atom. The van der Waals surface area contributed by atoms with Gasteiger partial charge in [0.05, 0.1) is 18.3 Å². The standard InChI is InChI=1S/C25H34N4O7S/c1-7-20(24(31)26-25(2,3)4)27(16-18-11-9-8-10-12-18)23(30)17-28(37(6,34)35)21-15-19(29(32)33)13-14-22(21)36-5/h8-15,20H,7,16-17H2,1-6H3,(H,26,31)/t20-/m0/s1. The van der Waals surface area contributed by atoms with Crippen molar-refractivity contribution in [3.05, 3.63) is 64.2 Å². The predicted octanol–water partition coefficient (Wildman–Crippen LogP) is 3.09. The Morgan fingerprint density at radius 1 is 1.14 bits per heavy atom. The number of hydrogen-bond donors (Lipinski definition) is 1. The van der Waals surface area contributed by atoms with Gasteiger partial charge in [0.2, 0.25) is 21.8 Å². The fourth-order valence-electron chi connectivity index (χ4n) is 3.73. The summed E-state index contributed by atoms with van der Waals surface area (Å²) < 4.78 is 31.6. The van der Waals surface area contributed by atoms with E-state index in [-0.39, 0.29) is 36.0 Å². The number of nitro groups is 1. The molecule has 1 N–H and O–H groups in total. The maximum atomic E-state index is 13.7. The van der Waals surface area contributed by atoms with Gasteiger partial charge in [-0.2, -0.15) is 0 Å². The van der Waals surface area contributed by atoms with E-state index in [0.717, 1.165) is 22.2 Å². The second-order valence-electron chi connectivity index (χ2n) is 9.55. The predicted molar refractivity (Wildman–Crippen MR) is 141 cm³/mol. The van der Waals surface area contributed by atoms with E-state index >= 15 is 0 Å². The highest BCUT2D eigenvalue weighted by molar-refractivity contribution is 7.92. The summed E-state index contributed by atoms with van der Waals surface area (Å²) in [5.74, 6) is -0.993. The van der Waals surface area contributed by atoms with Crippen molar-refractivity contribution in [2.75, 3.05) is 24.2 Å². The molecule has 0 aromatic heterocycles. The molecule has 2 aromatic rings. The molecule has 0 fully saturated rings. The van der Waals surface area contributed by atoms with Gasteiger partial charge >= 0.3 is 0 Å². The van der Waals surface area contributed by atoms with Crippen LogP contribution in [0, 0.1) is 10.1 Å². The lowest BCUT2D eigenvalue weighted by Crippen LogP contribution is -2.55. The topological polar surface area (TPSA) is 139 Å². The SMILES string of the molecule is CC[C@@H](C(=O)NC(C)(C)C)N(Cc1ccccc1)C(=O)CN(c1cc([N+](=O)[O-])ccc1OC)S(C)(=O)=O. The van der Waals surface area contributed by atoms with Crippen molar-refractivity contribution in [2.24, 2.45) is 0 Å². The van der Waals surface area contributed by atoms with Gasteiger partial charge in [-0.15, -0.1) is 0 Å². The third-order valence-corrected chi connectivity index (χ3v) is 6.53. The van der Waals surface area contributed by atoms with E-state index in [2.05, 4.69) is 5.32 Å². The minimum absolute atomic E-state index is 0.0379. The first-order chi connectivity index (χ1) is 17.2. The van der Waals surface area contributed by atoms with E-state index in [9.17, 15) is 28.1 Å². The van der Waals surface area contributed by atoms with Crippen LogP contribution in [0.15, 0.2) is 48.5 Å². The highest BCUT2D eigenvalue weighted by atomic mass is 32.2. The molecule has 11 nitrogen and oxygen atoms in total. The molecule has 0 heterocycles. The lowest BCUT2D eigenvalue weighted by Gasteiger charge is -2.34. The number of benzene rings is 2. The van der Waals surface area contributed by atoms with Crippen LogP contribution in [0.2, 0.25) is 0 Å². The van der Waals surface area contributed by atoms with Gasteiger partial charge in [-0.25, -0.2) is 8.42 Å². The fraction of sp³-hybridized carbons (Fsp3) is 0.440. The molecule has 2 aromatic carbocycles. The van der Waals surface area contributed by atoms with Crippen LogP contribution in [-0.4, -0.2) is 61.5 Å². The molecule has 202 valence electrons. The molecule has 12 heteroatoms. The molecule has 0 aliphatic carbocycles. The molecule has 0 saturated carbocycles. The number of carbonyl (C=O) groups is 2. The minimum atomic E-state index is -4.09. The maximum absolute atomic E-state index is 13.7. The van der Waals surface area contributed by atoms with Gasteiger partial charge in [-0.3, -0.25) is 24.0 Å². The first-order valence-electron chi connectivity index (χ1n) is 11.6. The number of anilines is 1. The summed E-state index contributed by atoms with van der Waals surface area (Å²) in [6.07, 6.45) is 1.17. The fourth-order valence-corrected chi connectivity index (χ4v) is 4.58. The highest BCUT2D eigenvalue weighted by Gasteiger charge is 2.34. The average Bonchev–Trinajstić information content (AvgIpc) is 2.80. The number of sulfonamides is 1. The van der Waals surface area contributed by atoms with Gasteiger partial charge in [-0.05, 0) is 38.8 Å². The second kappa shape index (κ2) is 12.0. The number of ether oxygens (including phenoxy) is 1. The van der Waals surface area contributed by atoms with Crippen molar-refractivity contribution in [3.63, 3.8) is 0 Å². The molecule has 0 spiro atoms. The van der Waals surface area contributed by atoms with E-state index in [0.29, 0.717) is 0 Å². The first-order valence-corrected chi connectivity index (χ1v) is 13.5. The zero-order valence-corrected chi connectivity index (χ0v) is 22.7. The Kier molecular flexibility index (Phi) is 9.62. The van der Waals surface area contributed by atoms with Crippen LogP contribution >= 0.6 is 0 Å². The molecule has 0 radical (unpaired) electrons. The van der Waals surface area contributed by atoms with Crippen LogP contribution in [0.1, 0.15) is 39.7 Å². The summed E-state index contributed by atoms with van der Waals surface area (Å²) in [7, 11) is -2.80. The van der Waals surface area contributed by atoms with Gasteiger partial charge in [0, 0.05) is 24.2 Å². The summed E-state index contributed by atoms with van der Waals surface area (Å²) in [6.45, 7) is 6.58. The van der Waals surface area contributed by atoms with Crippen LogP contribution in [0.25, 0.3) is 0 Å². The Bertz CT molecular complexity index is 1230. The van der Waals surface area contributed by atoms with E-state index in [1.54, 1.807) is 31.2 Å². The summed E-state index contributed by atoms with van der Waals surface area (Å²) in [4.78, 5) is 38.9. The molecular formula is C25H34N4O7S. The summed E-state index contributed by atoms with van der Waals surface area (Å²) in [5, 5.41) is 14.2.